The van der Waals surface area contributed by atoms with E-state index in [-0.39, 0.29) is 24.1 Å². The largest absolute Gasteiger partial charge is 0.496 e. The molecular weight excluding hydrogens is 350 g/mol. The maximum absolute atomic E-state index is 12.4. The van der Waals surface area contributed by atoms with Crippen molar-refractivity contribution in [2.24, 2.45) is 0 Å². The average molecular weight is 372 g/mol. The lowest BCUT2D eigenvalue weighted by atomic mass is 9.86. The Kier molecular flexibility index (Phi) is 5.93. The first-order valence-electron chi connectivity index (χ1n) is 7.77. The first-order valence-corrected chi connectivity index (χ1v) is 9.86. The number of hydrogen-bond donors (Lipinski definition) is 0. The Hall–Kier alpha value is -1.53. The van der Waals surface area contributed by atoms with E-state index in [0.29, 0.717) is 5.02 Å². The van der Waals surface area contributed by atoms with Gasteiger partial charge in [0.25, 0.3) is 0 Å². The molecule has 0 aliphatic heterocycles. The smallest absolute Gasteiger partial charge is 0.223 e. The summed E-state index contributed by atoms with van der Waals surface area (Å²) in [6, 6.07) is 3.44. The molecule has 1 amide bonds. The molecule has 24 heavy (non-hydrogen) atoms. The van der Waals surface area contributed by atoms with Crippen LogP contribution in [-0.4, -0.2) is 39.1 Å². The summed E-state index contributed by atoms with van der Waals surface area (Å²) in [4.78, 5) is 14.0. The second-order valence-corrected chi connectivity index (χ2v) is 8.31. The molecule has 5 nitrogen and oxygen atoms in total. The van der Waals surface area contributed by atoms with Gasteiger partial charge in [-0.05, 0) is 31.4 Å². The molecule has 7 heteroatoms. The molecule has 1 aliphatic carbocycles. The van der Waals surface area contributed by atoms with Crippen LogP contribution in [0.15, 0.2) is 24.1 Å². The van der Waals surface area contributed by atoms with Crippen molar-refractivity contribution in [3.63, 3.8) is 0 Å². The first-order chi connectivity index (χ1) is 11.3. The highest BCUT2D eigenvalue weighted by molar-refractivity contribution is 7.94. The van der Waals surface area contributed by atoms with Gasteiger partial charge < -0.3 is 9.64 Å². The summed E-state index contributed by atoms with van der Waals surface area (Å²) in [6.45, 7) is 3.26. The molecule has 132 valence electrons. The van der Waals surface area contributed by atoms with Crippen LogP contribution in [0.25, 0.3) is 0 Å². The van der Waals surface area contributed by atoms with Crippen molar-refractivity contribution in [2.75, 3.05) is 19.9 Å². The fraction of sp³-hybridized carbons (Fsp3) is 0.471. The van der Waals surface area contributed by atoms with Gasteiger partial charge >= 0.3 is 0 Å². The summed E-state index contributed by atoms with van der Waals surface area (Å²) in [5, 5.41) is 1.49. The zero-order chi connectivity index (χ0) is 17.9. The highest BCUT2D eigenvalue weighted by Crippen LogP contribution is 2.42. The lowest BCUT2D eigenvalue weighted by molar-refractivity contribution is -0.132. The number of amides is 1. The molecule has 0 N–H and O–H groups in total. The molecule has 1 atom stereocenters. The molecular formula is C17H22ClNO4S. The van der Waals surface area contributed by atoms with E-state index in [2.05, 4.69) is 6.58 Å². The second kappa shape index (κ2) is 7.57. The summed E-state index contributed by atoms with van der Waals surface area (Å²) >= 11 is 6.38. The van der Waals surface area contributed by atoms with E-state index in [1.54, 1.807) is 25.1 Å². The highest BCUT2D eigenvalue weighted by Gasteiger charge is 2.30. The van der Waals surface area contributed by atoms with Crippen molar-refractivity contribution in [1.29, 1.82) is 0 Å². The maximum atomic E-state index is 12.4. The molecule has 2 rings (SSSR count). The van der Waals surface area contributed by atoms with Crippen LogP contribution in [0.4, 0.5) is 0 Å². The quantitative estimate of drug-likeness (QED) is 0.770. The number of halogens is 1. The van der Waals surface area contributed by atoms with Gasteiger partial charge in [0.05, 0.1) is 18.9 Å². The molecule has 1 aromatic rings. The zero-order valence-corrected chi connectivity index (χ0v) is 15.5. The molecule has 1 aliphatic rings. The van der Waals surface area contributed by atoms with Crippen LogP contribution in [-0.2, 0) is 21.1 Å². The Morgan fingerprint density at radius 2 is 2.21 bits per heavy atom. The fourth-order valence-corrected chi connectivity index (χ4v) is 4.02. The highest BCUT2D eigenvalue weighted by atomic mass is 35.5. The molecule has 0 spiro atoms. The van der Waals surface area contributed by atoms with E-state index in [0.717, 1.165) is 41.5 Å². The van der Waals surface area contributed by atoms with E-state index in [4.69, 9.17) is 16.3 Å². The van der Waals surface area contributed by atoms with Crippen LogP contribution < -0.4 is 4.74 Å². The molecule has 0 aromatic heterocycles. The Balaban J connectivity index is 2.25. The fourth-order valence-electron chi connectivity index (χ4n) is 3.09. The average Bonchev–Trinajstić information content (AvgIpc) is 2.59. The molecule has 0 radical (unpaired) electrons. The Morgan fingerprint density at radius 1 is 1.50 bits per heavy atom. The molecule has 0 bridgehead atoms. The van der Waals surface area contributed by atoms with Crippen LogP contribution in [0.1, 0.15) is 36.4 Å². The molecule has 0 saturated carbocycles. The van der Waals surface area contributed by atoms with Gasteiger partial charge in [0, 0.05) is 35.0 Å². The minimum absolute atomic E-state index is 0.0712. The van der Waals surface area contributed by atoms with E-state index in [1.807, 2.05) is 6.07 Å². The third kappa shape index (κ3) is 3.92. The van der Waals surface area contributed by atoms with Gasteiger partial charge in [-0.15, -0.1) is 0 Å². The summed E-state index contributed by atoms with van der Waals surface area (Å²) in [5.41, 5.74) is 1.93. The van der Waals surface area contributed by atoms with Crippen LogP contribution in [0.2, 0.25) is 5.02 Å². The van der Waals surface area contributed by atoms with Crippen molar-refractivity contribution in [3.05, 3.63) is 40.3 Å². The van der Waals surface area contributed by atoms with Crippen molar-refractivity contribution < 1.29 is 17.9 Å². The number of nitrogens with zero attached hydrogens (tertiary/aromatic N) is 1. The number of rotatable bonds is 6. The summed E-state index contributed by atoms with van der Waals surface area (Å²) < 4.78 is 28.4. The summed E-state index contributed by atoms with van der Waals surface area (Å²) in [6.07, 6.45) is 2.48. The number of carbonyl (C=O) groups excluding carboxylic acids is 1. The molecule has 0 heterocycles. The minimum Gasteiger partial charge on any atom is -0.496 e. The van der Waals surface area contributed by atoms with Crippen molar-refractivity contribution >= 4 is 27.3 Å². The minimum atomic E-state index is -3.39. The number of methoxy groups -OCH3 is 1. The molecule has 1 unspecified atom stereocenters. The van der Waals surface area contributed by atoms with Gasteiger partial charge in [0.2, 0.25) is 5.91 Å². The van der Waals surface area contributed by atoms with Crippen molar-refractivity contribution in [2.45, 2.75) is 31.7 Å². The standard InChI is InChI=1S/C17H22ClNO4S/c1-4-24(21,22)11-10-16(20)19(2)14-7-5-6-12-15(23-3)9-8-13(18)17(12)14/h4,8-9,14H,1,5-7,10-11H2,2-3H3. The topological polar surface area (TPSA) is 63.7 Å². The number of benzene rings is 1. The maximum Gasteiger partial charge on any atom is 0.223 e. The number of ether oxygens (including phenoxy) is 1. The van der Waals surface area contributed by atoms with E-state index >= 15 is 0 Å². The van der Waals surface area contributed by atoms with E-state index in [9.17, 15) is 13.2 Å². The van der Waals surface area contributed by atoms with Gasteiger partial charge in [0.15, 0.2) is 9.84 Å². The van der Waals surface area contributed by atoms with Crippen LogP contribution in [0.3, 0.4) is 0 Å². The number of hydrogen-bond acceptors (Lipinski definition) is 4. The Morgan fingerprint density at radius 3 is 2.83 bits per heavy atom. The summed E-state index contributed by atoms with van der Waals surface area (Å²) in [7, 11) is -0.0817. The second-order valence-electron chi connectivity index (χ2n) is 5.84. The Bertz CT molecular complexity index is 745. The zero-order valence-electron chi connectivity index (χ0n) is 13.9. The van der Waals surface area contributed by atoms with Gasteiger partial charge in [0.1, 0.15) is 5.75 Å². The van der Waals surface area contributed by atoms with Crippen molar-refractivity contribution in [1.82, 2.24) is 4.90 Å². The van der Waals surface area contributed by atoms with Gasteiger partial charge in [-0.25, -0.2) is 8.42 Å². The van der Waals surface area contributed by atoms with Crippen LogP contribution in [0, 0.1) is 0 Å². The predicted octanol–water partition coefficient (Wildman–Crippen LogP) is 3.13. The SMILES string of the molecule is C=CS(=O)(=O)CCC(=O)N(C)C1CCCc2c(OC)ccc(Cl)c21. The van der Waals surface area contributed by atoms with Gasteiger partial charge in [-0.3, -0.25) is 4.79 Å². The van der Waals surface area contributed by atoms with E-state index in [1.165, 1.54) is 0 Å². The lowest BCUT2D eigenvalue weighted by Gasteiger charge is -2.34. The van der Waals surface area contributed by atoms with Gasteiger partial charge in [-0.1, -0.05) is 18.2 Å². The third-order valence-electron chi connectivity index (χ3n) is 4.43. The summed E-state index contributed by atoms with van der Waals surface area (Å²) in [5.74, 6) is 0.316. The number of sulfone groups is 1. The molecule has 1 aromatic carbocycles. The normalized spacial score (nSPS) is 17.0. The third-order valence-corrected chi connectivity index (χ3v) is 6.04. The molecule has 0 fully saturated rings. The van der Waals surface area contributed by atoms with Gasteiger partial charge in [-0.2, -0.15) is 0 Å². The van der Waals surface area contributed by atoms with Crippen LogP contribution in [0.5, 0.6) is 5.75 Å². The van der Waals surface area contributed by atoms with E-state index < -0.39 is 9.84 Å². The lowest BCUT2D eigenvalue weighted by Crippen LogP contribution is -2.34. The predicted molar refractivity (Wildman–Crippen MR) is 95.1 cm³/mol. The Labute approximate surface area is 148 Å². The monoisotopic (exact) mass is 371 g/mol. The first kappa shape index (κ1) is 18.8. The van der Waals surface area contributed by atoms with Crippen molar-refractivity contribution in [3.8, 4) is 5.75 Å². The number of fused-ring (bicyclic) bond motifs is 1. The van der Waals surface area contributed by atoms with Crippen LogP contribution >= 0.6 is 11.6 Å². The molecule has 0 saturated heterocycles. The number of carbonyl (C=O) groups is 1.